The van der Waals surface area contributed by atoms with Crippen LogP contribution in [0.4, 0.5) is 30.7 Å². The van der Waals surface area contributed by atoms with Crippen LogP contribution in [0.3, 0.4) is 0 Å². The number of aliphatic hydroxyl groups excluding tert-OH is 5. The highest BCUT2D eigenvalue weighted by atomic mass is 79.9. The third-order valence-electron chi connectivity index (χ3n) is 30.6. The van der Waals surface area contributed by atoms with Gasteiger partial charge in [-0.1, -0.05) is 118 Å². The number of hydrogen-bond donors (Lipinski definition) is 10. The highest BCUT2D eigenvalue weighted by Crippen LogP contribution is 2.51. The molecule has 5 aliphatic carbocycles. The van der Waals surface area contributed by atoms with E-state index in [1.165, 1.54) is 78.7 Å². The Morgan fingerprint density at radius 2 is 0.599 bits per heavy atom. The average Bonchev–Trinajstić information content (AvgIpc) is 1.62. The second-order valence-electron chi connectivity index (χ2n) is 39.3. The van der Waals surface area contributed by atoms with Gasteiger partial charge in [0.25, 0.3) is 5.92 Å². The number of nitrogens with zero attached hydrogens (tertiary/aromatic N) is 5. The maximum absolute atomic E-state index is 13.7. The SMILES string of the molecule is CC(F)C(CO)CC(=O)C1C=C2c3cccc4[nH]c(Br)c(c34)CC2N(C)C1.CCC(CO)CC(=O)C1C=C2c3cccc4[nH]c(Br)c(c34)CC2N(C)C1.CCC(CO)CC(=O)C1C=C2c3cccc4[nH]c(Br)c(c34)CC2N(C)C1.CN1CC(C(=O)CC(CO)C(C)(F)F)C=C2c3cccc4[nH]c(Br)c(c34)CC21.CN1CC(C(=O)CC(CO)C(F)C(F)(F)F)C=C2c3cccc4[nH]c(Br)c(c34)CC21. The lowest BCUT2D eigenvalue weighted by molar-refractivity contribution is -0.198. The zero-order valence-corrected chi connectivity index (χ0v) is 85.9. The zero-order valence-electron chi connectivity index (χ0n) is 78.0. The van der Waals surface area contributed by atoms with Gasteiger partial charge in [0.1, 0.15) is 35.1 Å². The lowest BCUT2D eigenvalue weighted by Gasteiger charge is -2.40. The van der Waals surface area contributed by atoms with Gasteiger partial charge in [-0.15, -0.1) is 0 Å². The molecule has 5 aromatic carbocycles. The monoisotopic (exact) mass is 2210 g/mol. The van der Waals surface area contributed by atoms with Gasteiger partial charge in [-0.05, 0) is 287 Å². The van der Waals surface area contributed by atoms with E-state index in [2.05, 4.69) is 211 Å². The van der Waals surface area contributed by atoms with Gasteiger partial charge >= 0.3 is 6.18 Å². The number of Topliss-reactive ketones (excluding diaryl/α,β-unsaturated/α-hetero) is 5. The van der Waals surface area contributed by atoms with Crippen molar-refractivity contribution in [2.45, 2.75) is 159 Å². The second kappa shape index (κ2) is 42.1. The van der Waals surface area contributed by atoms with Gasteiger partial charge in [-0.2, -0.15) is 13.2 Å². The van der Waals surface area contributed by atoms with Crippen molar-refractivity contribution in [2.75, 3.05) is 101 Å². The summed E-state index contributed by atoms with van der Waals surface area (Å²) >= 11 is 18.2. The first-order valence-electron chi connectivity index (χ1n) is 47.3. The number of hydrogen-bond acceptors (Lipinski definition) is 15. The fourth-order valence-corrected chi connectivity index (χ4v) is 25.4. The largest absolute Gasteiger partial charge is 0.420 e. The van der Waals surface area contributed by atoms with Gasteiger partial charge in [0, 0.05) is 217 Å². The van der Waals surface area contributed by atoms with Crippen molar-refractivity contribution in [2.24, 2.45) is 59.2 Å². The number of fused-ring (bicyclic) bond motifs is 10. The van der Waals surface area contributed by atoms with E-state index in [4.69, 9.17) is 0 Å². The van der Waals surface area contributed by atoms with E-state index < -0.39 is 79.4 Å². The Bertz CT molecular complexity index is 6290. The molecule has 10 N–H and O–H groups in total. The molecule has 0 saturated heterocycles. The summed E-state index contributed by atoms with van der Waals surface area (Å²) in [7, 11) is 10.1. The normalized spacial score (nSPS) is 23.8. The van der Waals surface area contributed by atoms with E-state index in [9.17, 15) is 80.2 Å². The molecular weight excluding hydrogens is 2090 g/mol. The number of aromatic nitrogens is 5. The quantitative estimate of drug-likeness (QED) is 0.0238. The second-order valence-corrected chi connectivity index (χ2v) is 43.2. The van der Waals surface area contributed by atoms with Crippen molar-refractivity contribution < 1.29 is 80.2 Å². The topological polar surface area (TPSA) is 282 Å². The predicted octanol–water partition coefficient (Wildman–Crippen LogP) is 19.6. The molecule has 10 aromatic rings. The number of benzene rings is 5. The highest BCUT2D eigenvalue weighted by molar-refractivity contribution is 9.11. The Labute approximate surface area is 833 Å². The van der Waals surface area contributed by atoms with E-state index in [1.54, 1.807) is 0 Å². The lowest BCUT2D eigenvalue weighted by Crippen LogP contribution is -2.45. The number of likely N-dealkylation sites (N-methyl/N-ethyl adjacent to an activating group) is 5. The number of carbonyl (C=O) groups excluding carboxylic acids is 5. The van der Waals surface area contributed by atoms with Crippen LogP contribution in [0.1, 0.15) is 128 Å². The molecule has 10 aliphatic rings. The molecular formula is C105H118Br5F7N10O10. The molecule has 0 amide bonds. The molecule has 732 valence electrons. The zero-order chi connectivity index (χ0) is 98.1. The molecule has 0 spiro atoms. The van der Waals surface area contributed by atoms with Crippen molar-refractivity contribution in [3.63, 3.8) is 0 Å². The fraction of sp³-hybridized carbons (Fsp3) is 0.476. The molecule has 0 radical (unpaired) electrons. The summed E-state index contributed by atoms with van der Waals surface area (Å²) in [5.74, 6) is -8.49. The van der Waals surface area contributed by atoms with E-state index in [0.717, 1.165) is 154 Å². The van der Waals surface area contributed by atoms with Crippen LogP contribution in [-0.4, -0.2) is 260 Å². The first-order chi connectivity index (χ1) is 65.3. The summed E-state index contributed by atoms with van der Waals surface area (Å²) in [6, 6.07) is 31.9. The number of alkyl halides is 7. The Kier molecular flexibility index (Phi) is 31.4. The molecule has 17 atom stereocenters. The number of carbonyl (C=O) groups is 5. The molecule has 17 unspecified atom stereocenters. The maximum atomic E-state index is 13.7. The number of halogens is 12. The average molecular weight is 2210 g/mol. The number of rotatable bonds is 25. The summed E-state index contributed by atoms with van der Waals surface area (Å²) < 4.78 is 97.8. The van der Waals surface area contributed by atoms with Crippen molar-refractivity contribution in [3.8, 4) is 0 Å². The standard InChI is InChI=1S/C21H21BrF4N2O2.C21H23BrF2N2O2.C21H24BrFN2O2.2C21H25BrN2O2/c1-28-8-10(17(30)6-11(9-29)19(23)21(24,25)26)5-13-12-3-2-4-15-18(12)14(7-16(13)28)20(22)27-15;1-21(23,24)12(10-27)7-18(28)11-6-14-13-4-3-5-16-19(13)15(20(22)25-16)8-17(14)26(2)9-11;1-11(23)13(10-26)7-19(27)12-6-15-14-4-3-5-17-20(14)16(21(22)24-17)8-18(15)25(2)9-12;2*1-3-12(11-25)7-19(26)13-8-15-14-5-4-6-17-20(14)16(21(22)23-17)9-18(15)24(2)10-13/h2-5,10-11,16,19,27,29H,6-9H2,1H3;3-6,11-12,17,25,27H,7-10H2,1-2H3;3-6,11-13,18,24,26H,7-10H2,1-2H3;2*4-6,8,12-13,18,23,25H,3,7,9-11H2,1-2H3. The number of H-pyrrole nitrogens is 5. The van der Waals surface area contributed by atoms with Gasteiger partial charge in [0.15, 0.2) is 0 Å². The van der Waals surface area contributed by atoms with Gasteiger partial charge in [0.05, 0.1) is 35.5 Å². The van der Waals surface area contributed by atoms with Crippen molar-refractivity contribution in [1.82, 2.24) is 49.4 Å². The van der Waals surface area contributed by atoms with E-state index in [-0.39, 0.29) is 104 Å². The third-order valence-corrected chi connectivity index (χ3v) is 34.0. The number of aliphatic hydroxyl groups is 5. The molecule has 0 saturated carbocycles. The first kappa shape index (κ1) is 102. The minimum atomic E-state index is -5.10. The van der Waals surface area contributed by atoms with Crippen LogP contribution in [0.5, 0.6) is 0 Å². The lowest BCUT2D eigenvalue weighted by atomic mass is 9.78. The van der Waals surface area contributed by atoms with Gasteiger partial charge in [-0.25, -0.2) is 17.6 Å². The van der Waals surface area contributed by atoms with Crippen LogP contribution < -0.4 is 0 Å². The van der Waals surface area contributed by atoms with Gasteiger partial charge < -0.3 is 50.5 Å². The molecule has 32 heteroatoms. The summed E-state index contributed by atoms with van der Waals surface area (Å²) in [5.41, 5.74) is 23.2. The Hall–Kier alpha value is -7.64. The first-order valence-corrected chi connectivity index (χ1v) is 51.2. The van der Waals surface area contributed by atoms with Crippen LogP contribution in [-0.2, 0) is 56.1 Å². The van der Waals surface area contributed by atoms with Gasteiger partial charge in [0.2, 0.25) is 6.17 Å². The molecule has 20 rings (SSSR count). The Morgan fingerprint density at radius 1 is 0.365 bits per heavy atom. The summed E-state index contributed by atoms with van der Waals surface area (Å²) in [5, 5.41) is 52.8. The van der Waals surface area contributed by atoms with Crippen LogP contribution in [0, 0.1) is 59.2 Å². The molecule has 0 bridgehead atoms. The summed E-state index contributed by atoms with van der Waals surface area (Å²) in [4.78, 5) is 92.0. The molecule has 0 fully saturated rings. The number of aromatic amines is 5. The number of ketones is 5. The van der Waals surface area contributed by atoms with Crippen molar-refractivity contribution in [1.29, 1.82) is 0 Å². The van der Waals surface area contributed by atoms with Crippen molar-refractivity contribution in [3.05, 3.63) is 200 Å². The van der Waals surface area contributed by atoms with Crippen LogP contribution in [0.15, 0.2) is 144 Å². The van der Waals surface area contributed by atoms with Crippen molar-refractivity contribution >= 4 is 191 Å². The molecule has 20 nitrogen and oxygen atoms in total. The molecule has 5 aromatic heterocycles. The number of nitrogens with one attached hydrogen (secondary N) is 5. The van der Waals surface area contributed by atoms with Gasteiger partial charge in [-0.3, -0.25) is 48.5 Å². The van der Waals surface area contributed by atoms with E-state index in [1.807, 2.05) is 88.4 Å². The highest BCUT2D eigenvalue weighted by Gasteiger charge is 2.49. The molecule has 10 heterocycles. The molecule has 137 heavy (non-hydrogen) atoms. The summed E-state index contributed by atoms with van der Waals surface area (Å²) in [6.45, 7) is 7.33. The molecule has 5 aliphatic heterocycles. The Morgan fingerprint density at radius 3 is 0.803 bits per heavy atom. The van der Waals surface area contributed by atoms with Crippen LogP contribution in [0.2, 0.25) is 0 Å². The van der Waals surface area contributed by atoms with E-state index in [0.29, 0.717) is 44.6 Å². The third kappa shape index (κ3) is 20.5. The minimum Gasteiger partial charge on any atom is -0.396 e. The fourth-order valence-electron chi connectivity index (χ4n) is 22.5. The maximum Gasteiger partial charge on any atom is 0.420 e. The van der Waals surface area contributed by atoms with Crippen LogP contribution in [0.25, 0.3) is 82.4 Å². The Balaban J connectivity index is 0.000000124. The minimum absolute atomic E-state index is 0.00423. The van der Waals surface area contributed by atoms with E-state index >= 15 is 0 Å². The smallest absolute Gasteiger partial charge is 0.396 e. The van der Waals surface area contributed by atoms with Crippen LogP contribution >= 0.6 is 79.6 Å². The summed E-state index contributed by atoms with van der Waals surface area (Å²) in [6.07, 6.45) is 6.82. The predicted molar refractivity (Wildman–Crippen MR) is 542 cm³/mol.